The molecule has 0 heterocycles. The van der Waals surface area contributed by atoms with Crippen LogP contribution in [0.2, 0.25) is 0 Å². The first-order valence-electron chi connectivity index (χ1n) is 4.61. The van der Waals surface area contributed by atoms with Crippen LogP contribution in [0.15, 0.2) is 29.2 Å². The summed E-state index contributed by atoms with van der Waals surface area (Å²) < 4.78 is 23.1. The normalized spacial score (nSPS) is 11.4. The van der Waals surface area contributed by atoms with Crippen molar-refractivity contribution in [3.8, 4) is 0 Å². The summed E-state index contributed by atoms with van der Waals surface area (Å²) in [5, 5.41) is 0. The largest absolute Gasteiger partial charge is 0.365 e. The SMILES string of the molecule is CCS(=O)(=O)c1ccc(N(C)CBr)cc1. The lowest BCUT2D eigenvalue weighted by Gasteiger charge is -2.15. The van der Waals surface area contributed by atoms with Gasteiger partial charge in [0.2, 0.25) is 0 Å². The molecule has 0 amide bonds. The molecule has 1 rings (SSSR count). The van der Waals surface area contributed by atoms with E-state index in [1.807, 2.05) is 24.1 Å². The van der Waals surface area contributed by atoms with Crippen LogP contribution < -0.4 is 4.90 Å². The van der Waals surface area contributed by atoms with E-state index in [1.54, 1.807) is 19.1 Å². The lowest BCUT2D eigenvalue weighted by Crippen LogP contribution is -2.13. The van der Waals surface area contributed by atoms with Crippen molar-refractivity contribution in [2.75, 3.05) is 23.2 Å². The Bertz CT molecular complexity index is 414. The Morgan fingerprint density at radius 2 is 1.80 bits per heavy atom. The average molecular weight is 292 g/mol. The minimum absolute atomic E-state index is 0.140. The van der Waals surface area contributed by atoms with Gasteiger partial charge in [-0.1, -0.05) is 22.9 Å². The summed E-state index contributed by atoms with van der Waals surface area (Å²) >= 11 is 3.33. The van der Waals surface area contributed by atoms with Gasteiger partial charge in [-0.25, -0.2) is 8.42 Å². The van der Waals surface area contributed by atoms with Crippen molar-refractivity contribution < 1.29 is 8.42 Å². The molecule has 0 radical (unpaired) electrons. The number of benzene rings is 1. The molecule has 1 aromatic carbocycles. The van der Waals surface area contributed by atoms with Gasteiger partial charge in [-0.15, -0.1) is 0 Å². The van der Waals surface area contributed by atoms with E-state index < -0.39 is 9.84 Å². The highest BCUT2D eigenvalue weighted by molar-refractivity contribution is 9.09. The summed E-state index contributed by atoms with van der Waals surface area (Å²) in [6.45, 7) is 1.65. The number of rotatable bonds is 4. The smallest absolute Gasteiger partial charge is 0.178 e. The topological polar surface area (TPSA) is 37.4 Å². The predicted molar refractivity (Wildman–Crippen MR) is 66.4 cm³/mol. The van der Waals surface area contributed by atoms with Crippen LogP contribution in [0.25, 0.3) is 0 Å². The summed E-state index contributed by atoms with van der Waals surface area (Å²) in [4.78, 5) is 2.36. The van der Waals surface area contributed by atoms with Crippen LogP contribution in [0.3, 0.4) is 0 Å². The van der Waals surface area contributed by atoms with Crippen LogP contribution >= 0.6 is 15.9 Å². The summed E-state index contributed by atoms with van der Waals surface area (Å²) in [6, 6.07) is 6.91. The van der Waals surface area contributed by atoms with Gasteiger partial charge in [0.05, 0.1) is 16.1 Å². The molecule has 0 aliphatic carbocycles. The van der Waals surface area contributed by atoms with Crippen molar-refractivity contribution in [3.05, 3.63) is 24.3 Å². The van der Waals surface area contributed by atoms with Crippen LogP contribution in [-0.4, -0.2) is 26.7 Å². The summed E-state index contributed by atoms with van der Waals surface area (Å²) in [5.74, 6) is 0.140. The molecule has 0 bridgehead atoms. The van der Waals surface area contributed by atoms with E-state index in [0.29, 0.717) is 10.3 Å². The van der Waals surface area contributed by atoms with Crippen LogP contribution in [-0.2, 0) is 9.84 Å². The molecule has 1 aromatic rings. The Hall–Kier alpha value is -0.550. The van der Waals surface area contributed by atoms with Crippen molar-refractivity contribution >= 4 is 31.5 Å². The van der Waals surface area contributed by atoms with Gasteiger partial charge in [-0.05, 0) is 24.3 Å². The van der Waals surface area contributed by atoms with Crippen molar-refractivity contribution in [2.45, 2.75) is 11.8 Å². The van der Waals surface area contributed by atoms with Crippen molar-refractivity contribution in [1.29, 1.82) is 0 Å². The van der Waals surface area contributed by atoms with Crippen molar-refractivity contribution in [3.63, 3.8) is 0 Å². The zero-order chi connectivity index (χ0) is 11.5. The third-order valence-corrected chi connectivity index (χ3v) is 4.70. The van der Waals surface area contributed by atoms with E-state index in [0.717, 1.165) is 5.69 Å². The molecular weight excluding hydrogens is 278 g/mol. The molecule has 0 aliphatic rings. The molecule has 0 saturated heterocycles. The highest BCUT2D eigenvalue weighted by atomic mass is 79.9. The molecule has 0 atom stereocenters. The Morgan fingerprint density at radius 1 is 1.27 bits per heavy atom. The first-order valence-corrected chi connectivity index (χ1v) is 7.38. The zero-order valence-electron chi connectivity index (χ0n) is 8.77. The number of hydrogen-bond donors (Lipinski definition) is 0. The van der Waals surface area contributed by atoms with Gasteiger partial charge in [0.25, 0.3) is 0 Å². The maximum absolute atomic E-state index is 11.5. The predicted octanol–water partition coefficient (Wildman–Crippen LogP) is 2.27. The minimum atomic E-state index is -3.08. The fraction of sp³-hybridized carbons (Fsp3) is 0.400. The second-order valence-corrected chi connectivity index (χ2v) is 5.99. The Labute approximate surface area is 99.1 Å². The number of anilines is 1. The molecular formula is C10H14BrNO2S. The maximum Gasteiger partial charge on any atom is 0.178 e. The summed E-state index contributed by atoms with van der Waals surface area (Å²) in [7, 11) is -1.15. The van der Waals surface area contributed by atoms with Gasteiger partial charge in [-0.2, -0.15) is 0 Å². The fourth-order valence-electron chi connectivity index (χ4n) is 1.14. The fourth-order valence-corrected chi connectivity index (χ4v) is 2.32. The number of halogens is 1. The number of alkyl halides is 1. The van der Waals surface area contributed by atoms with Crippen molar-refractivity contribution in [2.24, 2.45) is 0 Å². The van der Waals surface area contributed by atoms with Gasteiger partial charge < -0.3 is 4.90 Å². The monoisotopic (exact) mass is 291 g/mol. The molecule has 0 aromatic heterocycles. The molecule has 0 N–H and O–H groups in total. The van der Waals surface area contributed by atoms with Crippen LogP contribution in [0, 0.1) is 0 Å². The molecule has 84 valence electrons. The first-order chi connectivity index (χ1) is 7.01. The number of nitrogens with zero attached hydrogens (tertiary/aromatic N) is 1. The molecule has 3 nitrogen and oxygen atoms in total. The van der Waals surface area contributed by atoms with Gasteiger partial charge in [0.15, 0.2) is 9.84 Å². The van der Waals surface area contributed by atoms with E-state index >= 15 is 0 Å². The van der Waals surface area contributed by atoms with Gasteiger partial charge >= 0.3 is 0 Å². The van der Waals surface area contributed by atoms with Gasteiger partial charge in [0.1, 0.15) is 0 Å². The van der Waals surface area contributed by atoms with Crippen LogP contribution in [0.1, 0.15) is 6.92 Å². The van der Waals surface area contributed by atoms with E-state index in [9.17, 15) is 8.42 Å². The van der Waals surface area contributed by atoms with Crippen molar-refractivity contribution in [1.82, 2.24) is 0 Å². The zero-order valence-corrected chi connectivity index (χ0v) is 11.2. The molecule has 0 saturated carbocycles. The lowest BCUT2D eigenvalue weighted by atomic mass is 10.3. The first kappa shape index (κ1) is 12.5. The summed E-state index contributed by atoms with van der Waals surface area (Å²) in [6.07, 6.45) is 0. The Balaban J connectivity index is 3.00. The Morgan fingerprint density at radius 3 is 2.20 bits per heavy atom. The molecule has 0 spiro atoms. The average Bonchev–Trinajstić information content (AvgIpc) is 2.28. The second kappa shape index (κ2) is 4.99. The standard InChI is InChI=1S/C10H14BrNO2S/c1-3-15(13,14)10-6-4-9(5-7-10)12(2)8-11/h4-7H,3,8H2,1-2H3. The molecule has 0 unspecified atom stereocenters. The molecule has 0 aliphatic heterocycles. The number of hydrogen-bond acceptors (Lipinski definition) is 3. The van der Waals surface area contributed by atoms with Crippen LogP contribution in [0.5, 0.6) is 0 Å². The van der Waals surface area contributed by atoms with E-state index in [2.05, 4.69) is 15.9 Å². The summed E-state index contributed by atoms with van der Waals surface area (Å²) in [5.41, 5.74) is 1.70. The molecule has 5 heteroatoms. The molecule has 15 heavy (non-hydrogen) atoms. The highest BCUT2D eigenvalue weighted by Gasteiger charge is 2.11. The van der Waals surface area contributed by atoms with Gasteiger partial charge in [0, 0.05) is 12.7 Å². The third kappa shape index (κ3) is 2.95. The van der Waals surface area contributed by atoms with E-state index in [-0.39, 0.29) is 5.75 Å². The second-order valence-electron chi connectivity index (χ2n) is 3.21. The lowest BCUT2D eigenvalue weighted by molar-refractivity contribution is 0.597. The minimum Gasteiger partial charge on any atom is -0.365 e. The number of sulfone groups is 1. The third-order valence-electron chi connectivity index (χ3n) is 2.20. The molecule has 0 fully saturated rings. The highest BCUT2D eigenvalue weighted by Crippen LogP contribution is 2.18. The Kier molecular flexibility index (Phi) is 4.16. The van der Waals surface area contributed by atoms with E-state index in [1.165, 1.54) is 0 Å². The maximum atomic E-state index is 11.5. The quantitative estimate of drug-likeness (QED) is 0.631. The van der Waals surface area contributed by atoms with Gasteiger partial charge in [-0.3, -0.25) is 0 Å². The van der Waals surface area contributed by atoms with Crippen LogP contribution in [0.4, 0.5) is 5.69 Å². The van der Waals surface area contributed by atoms with E-state index in [4.69, 9.17) is 0 Å².